The standard InChI is InChI=1S/C20H25N3O3/c1-13(2)7-19-21-10-15-11-23(12-17(15)22-19)20(24)8-14-5-6-16(25-3)9-18(14)26-4/h5-6,9-10,13H,7-8,11-12H2,1-4H3. The Morgan fingerprint density at radius 3 is 2.73 bits per heavy atom. The normalized spacial score (nSPS) is 13.0. The molecular weight excluding hydrogens is 330 g/mol. The molecule has 138 valence electrons. The molecule has 0 bridgehead atoms. The molecule has 1 aromatic carbocycles. The number of rotatable bonds is 6. The summed E-state index contributed by atoms with van der Waals surface area (Å²) in [5.74, 6) is 2.78. The zero-order valence-electron chi connectivity index (χ0n) is 15.8. The second kappa shape index (κ2) is 7.72. The molecule has 1 amide bonds. The van der Waals surface area contributed by atoms with Gasteiger partial charge in [0.15, 0.2) is 0 Å². The number of methoxy groups -OCH3 is 2. The first-order valence-electron chi connectivity index (χ1n) is 8.82. The van der Waals surface area contributed by atoms with Crippen LogP contribution in [0.15, 0.2) is 24.4 Å². The molecule has 1 aromatic heterocycles. The van der Waals surface area contributed by atoms with Crippen molar-refractivity contribution < 1.29 is 14.3 Å². The number of hydrogen-bond acceptors (Lipinski definition) is 5. The predicted molar refractivity (Wildman–Crippen MR) is 98.1 cm³/mol. The van der Waals surface area contributed by atoms with Crippen LogP contribution in [-0.4, -0.2) is 35.0 Å². The van der Waals surface area contributed by atoms with Crippen LogP contribution in [0.4, 0.5) is 0 Å². The first-order valence-corrected chi connectivity index (χ1v) is 8.82. The summed E-state index contributed by atoms with van der Waals surface area (Å²) in [6.07, 6.45) is 3.00. The number of ether oxygens (including phenoxy) is 2. The number of benzene rings is 1. The first-order chi connectivity index (χ1) is 12.5. The Kier molecular flexibility index (Phi) is 5.40. The lowest BCUT2D eigenvalue weighted by molar-refractivity contribution is -0.131. The van der Waals surface area contributed by atoms with Crippen LogP contribution in [0.3, 0.4) is 0 Å². The van der Waals surface area contributed by atoms with Gasteiger partial charge in [-0.2, -0.15) is 0 Å². The van der Waals surface area contributed by atoms with Crippen LogP contribution in [-0.2, 0) is 30.7 Å². The third kappa shape index (κ3) is 3.95. The third-order valence-corrected chi connectivity index (χ3v) is 4.49. The summed E-state index contributed by atoms with van der Waals surface area (Å²) >= 11 is 0. The molecule has 0 unspecified atom stereocenters. The zero-order valence-corrected chi connectivity index (χ0v) is 15.8. The fourth-order valence-corrected chi connectivity index (χ4v) is 3.11. The van der Waals surface area contributed by atoms with Crippen LogP contribution in [0.5, 0.6) is 11.5 Å². The Balaban J connectivity index is 1.70. The van der Waals surface area contributed by atoms with E-state index in [0.717, 1.165) is 29.1 Å². The number of aromatic nitrogens is 2. The van der Waals surface area contributed by atoms with E-state index in [2.05, 4.69) is 23.8 Å². The average molecular weight is 355 g/mol. The van der Waals surface area contributed by atoms with E-state index in [-0.39, 0.29) is 12.3 Å². The van der Waals surface area contributed by atoms with Crippen molar-refractivity contribution in [1.29, 1.82) is 0 Å². The van der Waals surface area contributed by atoms with Crippen LogP contribution < -0.4 is 9.47 Å². The van der Waals surface area contributed by atoms with Gasteiger partial charge in [0, 0.05) is 36.4 Å². The summed E-state index contributed by atoms with van der Waals surface area (Å²) < 4.78 is 10.6. The van der Waals surface area contributed by atoms with Crippen LogP contribution in [0.2, 0.25) is 0 Å². The van der Waals surface area contributed by atoms with Crippen molar-refractivity contribution >= 4 is 5.91 Å². The molecule has 26 heavy (non-hydrogen) atoms. The maximum atomic E-state index is 12.8. The van der Waals surface area contributed by atoms with Crippen molar-refractivity contribution in [1.82, 2.24) is 14.9 Å². The number of hydrogen-bond donors (Lipinski definition) is 0. The van der Waals surface area contributed by atoms with Crippen LogP contribution in [0.25, 0.3) is 0 Å². The monoisotopic (exact) mass is 355 g/mol. The molecule has 0 radical (unpaired) electrons. The van der Waals surface area contributed by atoms with Crippen molar-refractivity contribution in [2.45, 2.75) is 39.8 Å². The van der Waals surface area contributed by atoms with Gasteiger partial charge < -0.3 is 14.4 Å². The highest BCUT2D eigenvalue weighted by molar-refractivity contribution is 5.80. The van der Waals surface area contributed by atoms with Crippen LogP contribution >= 0.6 is 0 Å². The van der Waals surface area contributed by atoms with E-state index in [0.29, 0.717) is 30.5 Å². The van der Waals surface area contributed by atoms with Crippen LogP contribution in [0, 0.1) is 5.92 Å². The van der Waals surface area contributed by atoms with Gasteiger partial charge in [0.1, 0.15) is 17.3 Å². The molecule has 0 N–H and O–H groups in total. The number of fused-ring (bicyclic) bond motifs is 1. The number of carbonyl (C=O) groups excluding carboxylic acids is 1. The second-order valence-electron chi connectivity index (χ2n) is 6.96. The molecule has 2 aromatic rings. The molecule has 1 aliphatic rings. The molecule has 0 saturated heterocycles. The van der Waals surface area contributed by atoms with Gasteiger partial charge >= 0.3 is 0 Å². The molecule has 3 rings (SSSR count). The number of amides is 1. The summed E-state index contributed by atoms with van der Waals surface area (Å²) in [7, 11) is 3.20. The smallest absolute Gasteiger partial charge is 0.227 e. The van der Waals surface area contributed by atoms with E-state index in [4.69, 9.17) is 9.47 Å². The minimum atomic E-state index is 0.0527. The van der Waals surface area contributed by atoms with Crippen LogP contribution in [0.1, 0.15) is 36.5 Å². The highest BCUT2D eigenvalue weighted by atomic mass is 16.5. The Morgan fingerprint density at radius 1 is 1.23 bits per heavy atom. The van der Waals surface area contributed by atoms with Gasteiger partial charge in [0.2, 0.25) is 5.91 Å². The van der Waals surface area contributed by atoms with Gasteiger partial charge in [0.25, 0.3) is 0 Å². The molecule has 0 saturated carbocycles. The average Bonchev–Trinajstić information content (AvgIpc) is 3.05. The molecular formula is C20H25N3O3. The largest absolute Gasteiger partial charge is 0.497 e. The second-order valence-corrected chi connectivity index (χ2v) is 6.96. The van der Waals surface area contributed by atoms with Gasteiger partial charge in [-0.15, -0.1) is 0 Å². The number of carbonyl (C=O) groups is 1. The van der Waals surface area contributed by atoms with E-state index in [9.17, 15) is 4.79 Å². The van der Waals surface area contributed by atoms with E-state index >= 15 is 0 Å². The first kappa shape index (κ1) is 18.2. The predicted octanol–water partition coefficient (Wildman–Crippen LogP) is 2.78. The summed E-state index contributed by atoms with van der Waals surface area (Å²) in [5.41, 5.74) is 2.85. The van der Waals surface area contributed by atoms with Crippen molar-refractivity contribution in [3.63, 3.8) is 0 Å². The lowest BCUT2D eigenvalue weighted by Gasteiger charge is -2.16. The summed E-state index contributed by atoms with van der Waals surface area (Å²) in [6.45, 7) is 5.40. The Hall–Kier alpha value is -2.63. The van der Waals surface area contributed by atoms with Gasteiger partial charge in [-0.25, -0.2) is 9.97 Å². The number of nitrogens with zero attached hydrogens (tertiary/aromatic N) is 3. The Morgan fingerprint density at radius 2 is 2.04 bits per heavy atom. The molecule has 0 spiro atoms. The lowest BCUT2D eigenvalue weighted by Crippen LogP contribution is -2.27. The minimum Gasteiger partial charge on any atom is -0.497 e. The van der Waals surface area contributed by atoms with E-state index in [1.54, 1.807) is 20.3 Å². The van der Waals surface area contributed by atoms with E-state index in [1.807, 2.05) is 23.2 Å². The van der Waals surface area contributed by atoms with Gasteiger partial charge in [0.05, 0.1) is 32.9 Å². The summed E-state index contributed by atoms with van der Waals surface area (Å²) in [5, 5.41) is 0. The molecule has 0 aliphatic carbocycles. The molecule has 6 heteroatoms. The van der Waals surface area contributed by atoms with Gasteiger partial charge in [-0.3, -0.25) is 4.79 Å². The fourth-order valence-electron chi connectivity index (χ4n) is 3.11. The molecule has 0 fully saturated rings. The summed E-state index contributed by atoms with van der Waals surface area (Å²) in [4.78, 5) is 23.7. The topological polar surface area (TPSA) is 64.5 Å². The summed E-state index contributed by atoms with van der Waals surface area (Å²) in [6, 6.07) is 5.51. The Labute approximate surface area is 154 Å². The van der Waals surface area contributed by atoms with Crippen molar-refractivity contribution in [3.05, 3.63) is 47.0 Å². The molecule has 2 heterocycles. The minimum absolute atomic E-state index is 0.0527. The van der Waals surface area contributed by atoms with Crippen molar-refractivity contribution in [2.24, 2.45) is 5.92 Å². The lowest BCUT2D eigenvalue weighted by atomic mass is 10.1. The van der Waals surface area contributed by atoms with Crippen molar-refractivity contribution in [2.75, 3.05) is 14.2 Å². The molecule has 6 nitrogen and oxygen atoms in total. The van der Waals surface area contributed by atoms with Gasteiger partial charge in [-0.05, 0) is 12.0 Å². The maximum Gasteiger partial charge on any atom is 0.227 e. The fraction of sp³-hybridized carbons (Fsp3) is 0.450. The van der Waals surface area contributed by atoms with E-state index in [1.165, 1.54) is 0 Å². The maximum absolute atomic E-state index is 12.8. The molecule has 0 atom stereocenters. The quantitative estimate of drug-likeness (QED) is 0.797. The molecule has 1 aliphatic heterocycles. The zero-order chi connectivity index (χ0) is 18.7. The SMILES string of the molecule is COc1ccc(CC(=O)N2Cc3cnc(CC(C)C)nc3C2)c(OC)c1. The highest BCUT2D eigenvalue weighted by Crippen LogP contribution is 2.27. The van der Waals surface area contributed by atoms with Gasteiger partial charge in [-0.1, -0.05) is 19.9 Å². The third-order valence-electron chi connectivity index (χ3n) is 4.49. The van der Waals surface area contributed by atoms with Crippen molar-refractivity contribution in [3.8, 4) is 11.5 Å². The van der Waals surface area contributed by atoms with E-state index < -0.39 is 0 Å². The highest BCUT2D eigenvalue weighted by Gasteiger charge is 2.26. The Bertz CT molecular complexity index is 805.